The molecular weight excluding hydrogens is 174 g/mol. The van der Waals surface area contributed by atoms with E-state index in [2.05, 4.69) is 30.1 Å². The number of nitrogens with zero attached hydrogens (tertiary/aromatic N) is 3. The number of hydrogen-bond donors (Lipinski definition) is 0. The minimum absolute atomic E-state index is 0.484. The van der Waals surface area contributed by atoms with Gasteiger partial charge in [0, 0.05) is 0 Å². The van der Waals surface area contributed by atoms with Gasteiger partial charge in [0.1, 0.15) is 0 Å². The smallest absolute Gasteiger partial charge is 0.0891 e. The zero-order valence-corrected chi connectivity index (χ0v) is 8.38. The van der Waals surface area contributed by atoms with E-state index in [1.54, 1.807) is 17.2 Å². The zero-order valence-electron chi connectivity index (χ0n) is 8.38. The SMILES string of the molecule is CC(C)c1ccccc1-n1nccn1. The predicted octanol–water partition coefficient (Wildman–Crippen LogP) is 2.39. The number of aromatic nitrogens is 3. The van der Waals surface area contributed by atoms with Crippen molar-refractivity contribution in [2.24, 2.45) is 0 Å². The molecule has 0 saturated carbocycles. The maximum absolute atomic E-state index is 4.14. The lowest BCUT2D eigenvalue weighted by molar-refractivity contribution is 0.727. The standard InChI is InChI=1S/C11H13N3/c1-9(2)10-5-3-4-6-11(10)14-12-7-8-13-14/h3-9H,1-2H3. The van der Waals surface area contributed by atoms with Crippen LogP contribution in [0.1, 0.15) is 25.3 Å². The molecule has 14 heavy (non-hydrogen) atoms. The number of hydrogen-bond acceptors (Lipinski definition) is 2. The molecule has 1 heterocycles. The Labute approximate surface area is 83.4 Å². The van der Waals surface area contributed by atoms with Gasteiger partial charge >= 0.3 is 0 Å². The Morgan fingerprint density at radius 2 is 1.71 bits per heavy atom. The van der Waals surface area contributed by atoms with Gasteiger partial charge in [-0.05, 0) is 17.5 Å². The van der Waals surface area contributed by atoms with Crippen LogP contribution in [0.25, 0.3) is 5.69 Å². The van der Waals surface area contributed by atoms with Crippen molar-refractivity contribution >= 4 is 0 Å². The first-order valence-electron chi connectivity index (χ1n) is 4.74. The molecule has 0 aliphatic carbocycles. The molecule has 0 aliphatic heterocycles. The van der Waals surface area contributed by atoms with Gasteiger partial charge in [-0.15, -0.1) is 0 Å². The summed E-state index contributed by atoms with van der Waals surface area (Å²) in [7, 11) is 0. The lowest BCUT2D eigenvalue weighted by atomic mass is 10.0. The quantitative estimate of drug-likeness (QED) is 0.722. The van der Waals surface area contributed by atoms with Crippen molar-refractivity contribution in [1.82, 2.24) is 15.0 Å². The summed E-state index contributed by atoms with van der Waals surface area (Å²) in [6, 6.07) is 8.20. The Bertz CT molecular complexity index is 404. The van der Waals surface area contributed by atoms with Gasteiger partial charge in [0.25, 0.3) is 0 Å². The van der Waals surface area contributed by atoms with Crippen LogP contribution in [0.3, 0.4) is 0 Å². The van der Waals surface area contributed by atoms with E-state index in [1.165, 1.54) is 5.56 Å². The van der Waals surface area contributed by atoms with Gasteiger partial charge < -0.3 is 0 Å². The predicted molar refractivity (Wildman–Crippen MR) is 55.4 cm³/mol. The van der Waals surface area contributed by atoms with Gasteiger partial charge in [-0.2, -0.15) is 15.0 Å². The van der Waals surface area contributed by atoms with Crippen molar-refractivity contribution in [3.63, 3.8) is 0 Å². The van der Waals surface area contributed by atoms with Gasteiger partial charge in [0.2, 0.25) is 0 Å². The molecule has 0 atom stereocenters. The van der Waals surface area contributed by atoms with Crippen LogP contribution in [-0.2, 0) is 0 Å². The summed E-state index contributed by atoms with van der Waals surface area (Å²) >= 11 is 0. The molecular formula is C11H13N3. The van der Waals surface area contributed by atoms with Gasteiger partial charge in [0.15, 0.2) is 0 Å². The highest BCUT2D eigenvalue weighted by atomic mass is 15.5. The molecule has 0 amide bonds. The van der Waals surface area contributed by atoms with Crippen molar-refractivity contribution in [3.05, 3.63) is 42.2 Å². The van der Waals surface area contributed by atoms with E-state index in [9.17, 15) is 0 Å². The third-order valence-electron chi connectivity index (χ3n) is 2.19. The van der Waals surface area contributed by atoms with Crippen molar-refractivity contribution < 1.29 is 0 Å². The number of para-hydroxylation sites is 1. The number of rotatable bonds is 2. The molecule has 72 valence electrons. The van der Waals surface area contributed by atoms with Gasteiger partial charge in [-0.1, -0.05) is 32.0 Å². The Balaban J connectivity index is 2.53. The van der Waals surface area contributed by atoms with E-state index in [-0.39, 0.29) is 0 Å². The minimum Gasteiger partial charge on any atom is -0.157 e. The lowest BCUT2D eigenvalue weighted by Crippen LogP contribution is -2.03. The van der Waals surface area contributed by atoms with E-state index < -0.39 is 0 Å². The molecule has 1 aromatic carbocycles. The van der Waals surface area contributed by atoms with Crippen molar-refractivity contribution in [3.8, 4) is 5.69 Å². The van der Waals surface area contributed by atoms with Crippen LogP contribution >= 0.6 is 0 Å². The summed E-state index contributed by atoms with van der Waals surface area (Å²) in [6.07, 6.45) is 3.38. The Kier molecular flexibility index (Phi) is 2.31. The molecule has 0 spiro atoms. The van der Waals surface area contributed by atoms with Crippen molar-refractivity contribution in [2.75, 3.05) is 0 Å². The second kappa shape index (κ2) is 3.62. The molecule has 3 nitrogen and oxygen atoms in total. The molecule has 2 rings (SSSR count). The van der Waals surface area contributed by atoms with Crippen molar-refractivity contribution in [1.29, 1.82) is 0 Å². The zero-order chi connectivity index (χ0) is 9.97. The Morgan fingerprint density at radius 1 is 1.07 bits per heavy atom. The molecule has 0 unspecified atom stereocenters. The van der Waals surface area contributed by atoms with Gasteiger partial charge in [-0.3, -0.25) is 0 Å². The first-order chi connectivity index (χ1) is 6.79. The van der Waals surface area contributed by atoms with E-state index in [4.69, 9.17) is 0 Å². The van der Waals surface area contributed by atoms with E-state index >= 15 is 0 Å². The van der Waals surface area contributed by atoms with E-state index in [0.717, 1.165) is 5.69 Å². The Morgan fingerprint density at radius 3 is 2.36 bits per heavy atom. The van der Waals surface area contributed by atoms with Crippen LogP contribution < -0.4 is 0 Å². The van der Waals surface area contributed by atoms with Crippen LogP contribution in [0.15, 0.2) is 36.7 Å². The first kappa shape index (κ1) is 8.94. The Hall–Kier alpha value is -1.64. The minimum atomic E-state index is 0.484. The molecule has 3 heteroatoms. The highest BCUT2D eigenvalue weighted by Gasteiger charge is 2.07. The molecule has 0 saturated heterocycles. The maximum atomic E-state index is 4.14. The highest BCUT2D eigenvalue weighted by molar-refractivity contribution is 5.40. The molecule has 0 radical (unpaired) electrons. The average Bonchev–Trinajstić information content (AvgIpc) is 2.70. The van der Waals surface area contributed by atoms with Crippen LogP contribution in [-0.4, -0.2) is 15.0 Å². The van der Waals surface area contributed by atoms with Crippen LogP contribution in [0, 0.1) is 0 Å². The average molecular weight is 187 g/mol. The lowest BCUT2D eigenvalue weighted by Gasteiger charge is -2.10. The fraction of sp³-hybridized carbons (Fsp3) is 0.273. The van der Waals surface area contributed by atoms with Gasteiger partial charge in [0.05, 0.1) is 18.1 Å². The second-order valence-electron chi connectivity index (χ2n) is 3.53. The largest absolute Gasteiger partial charge is 0.157 e. The van der Waals surface area contributed by atoms with E-state index in [1.807, 2.05) is 18.2 Å². The molecule has 0 fully saturated rings. The van der Waals surface area contributed by atoms with Crippen molar-refractivity contribution in [2.45, 2.75) is 19.8 Å². The van der Waals surface area contributed by atoms with Gasteiger partial charge in [-0.25, -0.2) is 0 Å². The molecule has 0 bridgehead atoms. The monoisotopic (exact) mass is 187 g/mol. The summed E-state index contributed by atoms with van der Waals surface area (Å²) in [4.78, 5) is 1.66. The van der Waals surface area contributed by atoms with Crippen LogP contribution in [0.5, 0.6) is 0 Å². The molecule has 0 aliphatic rings. The topological polar surface area (TPSA) is 30.7 Å². The van der Waals surface area contributed by atoms with E-state index in [0.29, 0.717) is 5.92 Å². The van der Waals surface area contributed by atoms with Crippen LogP contribution in [0.2, 0.25) is 0 Å². The summed E-state index contributed by atoms with van der Waals surface area (Å²) in [5, 5.41) is 8.27. The fourth-order valence-corrected chi connectivity index (χ4v) is 1.50. The number of benzene rings is 1. The third kappa shape index (κ3) is 1.53. The molecule has 2 aromatic rings. The summed E-state index contributed by atoms with van der Waals surface area (Å²) in [5.74, 6) is 0.484. The van der Waals surface area contributed by atoms with Crippen LogP contribution in [0.4, 0.5) is 0 Å². The highest BCUT2D eigenvalue weighted by Crippen LogP contribution is 2.20. The fourth-order valence-electron chi connectivity index (χ4n) is 1.50. The summed E-state index contributed by atoms with van der Waals surface area (Å²) in [6.45, 7) is 4.34. The summed E-state index contributed by atoms with van der Waals surface area (Å²) < 4.78 is 0. The summed E-state index contributed by atoms with van der Waals surface area (Å²) in [5.41, 5.74) is 2.33. The normalized spacial score (nSPS) is 10.8. The molecule has 0 N–H and O–H groups in total. The maximum Gasteiger partial charge on any atom is 0.0891 e. The second-order valence-corrected chi connectivity index (χ2v) is 3.53. The first-order valence-corrected chi connectivity index (χ1v) is 4.74. The molecule has 1 aromatic heterocycles. The third-order valence-corrected chi connectivity index (χ3v) is 2.19.